The first-order valence-electron chi connectivity index (χ1n) is 6.80. The Balaban J connectivity index is 2.06. The van der Waals surface area contributed by atoms with Crippen molar-refractivity contribution in [2.24, 2.45) is 11.1 Å². The van der Waals surface area contributed by atoms with Gasteiger partial charge in [-0.2, -0.15) is 0 Å². The van der Waals surface area contributed by atoms with Crippen LogP contribution in [0.5, 0.6) is 0 Å². The molecule has 0 atom stereocenters. The molecule has 20 heavy (non-hydrogen) atoms. The van der Waals surface area contributed by atoms with Gasteiger partial charge < -0.3 is 20.7 Å². The molecule has 0 unspecified atom stereocenters. The normalized spacial score (nSPS) is 17.6. The maximum absolute atomic E-state index is 12.4. The summed E-state index contributed by atoms with van der Waals surface area (Å²) < 4.78 is 5.31. The van der Waals surface area contributed by atoms with Gasteiger partial charge in [-0.3, -0.25) is 4.79 Å². The van der Waals surface area contributed by atoms with Gasteiger partial charge in [0.1, 0.15) is 5.82 Å². The number of rotatable bonds is 4. The molecule has 1 fully saturated rings. The van der Waals surface area contributed by atoms with Crippen molar-refractivity contribution >= 4 is 17.4 Å². The number of nitrogens with one attached hydrogen (secondary N) is 1. The van der Waals surface area contributed by atoms with E-state index in [0.29, 0.717) is 38.4 Å². The second-order valence-electron chi connectivity index (χ2n) is 5.35. The zero-order chi connectivity index (χ0) is 14.6. The Labute approximate surface area is 119 Å². The van der Waals surface area contributed by atoms with Gasteiger partial charge in [0.25, 0.3) is 0 Å². The van der Waals surface area contributed by atoms with Crippen LogP contribution in [0.15, 0.2) is 18.3 Å². The van der Waals surface area contributed by atoms with Crippen LogP contribution >= 0.6 is 0 Å². The number of amides is 1. The number of ether oxygens (including phenoxy) is 1. The standard InChI is InChI=1S/C14H22N4O2/c1-18(2)11-3-4-12(16-9-11)17-13(19)14(10-15)5-7-20-8-6-14/h3-4,9H,5-8,10,15H2,1-2H3,(H,16,17,19). The Hall–Kier alpha value is -1.66. The van der Waals surface area contributed by atoms with Crippen molar-refractivity contribution in [2.45, 2.75) is 12.8 Å². The van der Waals surface area contributed by atoms with Gasteiger partial charge in [0, 0.05) is 33.9 Å². The zero-order valence-electron chi connectivity index (χ0n) is 12.1. The number of carbonyl (C=O) groups excluding carboxylic acids is 1. The summed E-state index contributed by atoms with van der Waals surface area (Å²) in [5.74, 6) is 0.494. The lowest BCUT2D eigenvalue weighted by atomic mass is 9.79. The van der Waals surface area contributed by atoms with Crippen molar-refractivity contribution in [2.75, 3.05) is 44.1 Å². The SMILES string of the molecule is CN(C)c1ccc(NC(=O)C2(CN)CCOCC2)nc1. The Morgan fingerprint density at radius 3 is 2.65 bits per heavy atom. The molecule has 0 radical (unpaired) electrons. The van der Waals surface area contributed by atoms with E-state index in [1.165, 1.54) is 0 Å². The highest BCUT2D eigenvalue weighted by Gasteiger charge is 2.38. The molecule has 2 rings (SSSR count). The molecule has 1 aromatic heterocycles. The van der Waals surface area contributed by atoms with Gasteiger partial charge in [0.05, 0.1) is 17.3 Å². The molecule has 1 aromatic rings. The minimum absolute atomic E-state index is 0.0617. The molecule has 1 saturated heterocycles. The summed E-state index contributed by atoms with van der Waals surface area (Å²) in [6.07, 6.45) is 3.05. The fourth-order valence-corrected chi connectivity index (χ4v) is 2.26. The Kier molecular flexibility index (Phi) is 4.57. The number of hydrogen-bond donors (Lipinski definition) is 2. The summed E-state index contributed by atoms with van der Waals surface area (Å²) in [6.45, 7) is 1.49. The van der Waals surface area contributed by atoms with E-state index in [1.54, 1.807) is 12.3 Å². The number of anilines is 2. The number of nitrogens with zero attached hydrogens (tertiary/aromatic N) is 2. The first-order valence-corrected chi connectivity index (χ1v) is 6.80. The van der Waals surface area contributed by atoms with Crippen molar-refractivity contribution in [1.29, 1.82) is 0 Å². The molecular formula is C14H22N4O2. The lowest BCUT2D eigenvalue weighted by Gasteiger charge is -2.34. The molecule has 0 aliphatic carbocycles. The summed E-state index contributed by atoms with van der Waals surface area (Å²) in [7, 11) is 3.89. The highest BCUT2D eigenvalue weighted by atomic mass is 16.5. The van der Waals surface area contributed by atoms with Gasteiger partial charge in [-0.15, -0.1) is 0 Å². The number of aromatic nitrogens is 1. The van der Waals surface area contributed by atoms with E-state index in [9.17, 15) is 4.79 Å². The first kappa shape index (κ1) is 14.7. The van der Waals surface area contributed by atoms with Crippen molar-refractivity contribution in [3.05, 3.63) is 18.3 Å². The molecule has 1 aliphatic rings. The van der Waals surface area contributed by atoms with Gasteiger partial charge in [-0.05, 0) is 25.0 Å². The molecular weight excluding hydrogens is 256 g/mol. The van der Waals surface area contributed by atoms with Crippen molar-refractivity contribution < 1.29 is 9.53 Å². The van der Waals surface area contributed by atoms with E-state index in [0.717, 1.165) is 5.69 Å². The third-order valence-electron chi connectivity index (χ3n) is 3.83. The van der Waals surface area contributed by atoms with Crippen LogP contribution < -0.4 is 16.0 Å². The topological polar surface area (TPSA) is 80.5 Å². The van der Waals surface area contributed by atoms with Crippen molar-refractivity contribution in [1.82, 2.24) is 4.98 Å². The zero-order valence-corrected chi connectivity index (χ0v) is 12.1. The predicted octanol–water partition coefficient (Wildman–Crippen LogP) is 0.842. The Morgan fingerprint density at radius 2 is 2.15 bits per heavy atom. The van der Waals surface area contributed by atoms with Crippen LogP contribution in [0.1, 0.15) is 12.8 Å². The van der Waals surface area contributed by atoms with Crippen LogP contribution in [0, 0.1) is 5.41 Å². The fourth-order valence-electron chi connectivity index (χ4n) is 2.26. The summed E-state index contributed by atoms with van der Waals surface area (Å²) >= 11 is 0. The first-order chi connectivity index (χ1) is 9.57. The highest BCUT2D eigenvalue weighted by molar-refractivity contribution is 5.94. The van der Waals surface area contributed by atoms with Gasteiger partial charge in [0.15, 0.2) is 0 Å². The van der Waals surface area contributed by atoms with Crippen molar-refractivity contribution in [3.63, 3.8) is 0 Å². The fraction of sp³-hybridized carbons (Fsp3) is 0.571. The molecule has 3 N–H and O–H groups in total. The summed E-state index contributed by atoms with van der Waals surface area (Å²) in [4.78, 5) is 18.7. The van der Waals surface area contributed by atoms with Crippen LogP contribution in [0.4, 0.5) is 11.5 Å². The highest BCUT2D eigenvalue weighted by Crippen LogP contribution is 2.30. The van der Waals surface area contributed by atoms with Gasteiger partial charge in [-0.1, -0.05) is 0 Å². The quantitative estimate of drug-likeness (QED) is 0.853. The van der Waals surface area contributed by atoms with Crippen LogP contribution in [0.3, 0.4) is 0 Å². The molecule has 6 nitrogen and oxygen atoms in total. The molecule has 2 heterocycles. The monoisotopic (exact) mass is 278 g/mol. The third-order valence-corrected chi connectivity index (χ3v) is 3.83. The maximum Gasteiger partial charge on any atom is 0.233 e. The second-order valence-corrected chi connectivity index (χ2v) is 5.35. The molecule has 0 bridgehead atoms. The predicted molar refractivity (Wildman–Crippen MR) is 78.7 cm³/mol. The number of hydrogen-bond acceptors (Lipinski definition) is 5. The van der Waals surface area contributed by atoms with Crippen LogP contribution in [0.25, 0.3) is 0 Å². The smallest absolute Gasteiger partial charge is 0.233 e. The largest absolute Gasteiger partial charge is 0.381 e. The van der Waals surface area contributed by atoms with Gasteiger partial charge >= 0.3 is 0 Å². The number of pyridine rings is 1. The van der Waals surface area contributed by atoms with Gasteiger partial charge in [-0.25, -0.2) is 4.98 Å². The van der Waals surface area contributed by atoms with E-state index < -0.39 is 5.41 Å². The third kappa shape index (κ3) is 3.08. The van der Waals surface area contributed by atoms with Crippen LogP contribution in [-0.4, -0.2) is 44.7 Å². The second kappa shape index (κ2) is 6.19. The summed E-state index contributed by atoms with van der Waals surface area (Å²) in [5, 5.41) is 2.87. The molecule has 1 amide bonds. The molecule has 0 saturated carbocycles. The average Bonchev–Trinajstić information content (AvgIpc) is 2.48. The Morgan fingerprint density at radius 1 is 1.45 bits per heavy atom. The van der Waals surface area contributed by atoms with E-state index in [2.05, 4.69) is 10.3 Å². The van der Waals surface area contributed by atoms with Gasteiger partial charge in [0.2, 0.25) is 5.91 Å². The minimum atomic E-state index is -0.528. The average molecular weight is 278 g/mol. The number of nitrogens with two attached hydrogens (primary N) is 1. The molecule has 110 valence electrons. The lowest BCUT2D eigenvalue weighted by Crippen LogP contribution is -2.46. The van der Waals surface area contributed by atoms with Crippen molar-refractivity contribution in [3.8, 4) is 0 Å². The van der Waals surface area contributed by atoms with E-state index in [4.69, 9.17) is 10.5 Å². The molecule has 1 aliphatic heterocycles. The van der Waals surface area contributed by atoms with E-state index >= 15 is 0 Å². The number of carbonyl (C=O) groups is 1. The molecule has 0 aromatic carbocycles. The maximum atomic E-state index is 12.4. The van der Waals surface area contributed by atoms with E-state index in [-0.39, 0.29) is 5.91 Å². The lowest BCUT2D eigenvalue weighted by molar-refractivity contribution is -0.130. The van der Waals surface area contributed by atoms with Crippen LogP contribution in [0.2, 0.25) is 0 Å². The van der Waals surface area contributed by atoms with Crippen LogP contribution in [-0.2, 0) is 9.53 Å². The Bertz CT molecular complexity index is 453. The van der Waals surface area contributed by atoms with E-state index in [1.807, 2.05) is 25.1 Å². The minimum Gasteiger partial charge on any atom is -0.381 e. The molecule has 0 spiro atoms. The summed E-state index contributed by atoms with van der Waals surface area (Å²) in [6, 6.07) is 3.72. The molecule has 6 heteroatoms. The summed E-state index contributed by atoms with van der Waals surface area (Å²) in [5.41, 5.74) is 6.27.